The largest absolute Gasteiger partial charge is 0.444 e. The van der Waals surface area contributed by atoms with Crippen molar-refractivity contribution in [2.75, 3.05) is 20.1 Å². The summed E-state index contributed by atoms with van der Waals surface area (Å²) in [5.74, 6) is -1.02. The Labute approximate surface area is 158 Å². The summed E-state index contributed by atoms with van der Waals surface area (Å²) in [5.41, 5.74) is -0.601. The third-order valence-electron chi connectivity index (χ3n) is 4.37. The van der Waals surface area contributed by atoms with Gasteiger partial charge in [-0.3, -0.25) is 9.59 Å². The summed E-state index contributed by atoms with van der Waals surface area (Å²) >= 11 is 0. The zero-order chi connectivity index (χ0) is 20.9. The fourth-order valence-corrected chi connectivity index (χ4v) is 2.91. The highest BCUT2D eigenvalue weighted by Crippen LogP contribution is 2.20. The molecule has 1 heterocycles. The van der Waals surface area contributed by atoms with E-state index in [1.165, 1.54) is 4.90 Å². The fraction of sp³-hybridized carbons (Fsp3) is 0.842. The van der Waals surface area contributed by atoms with Gasteiger partial charge in [-0.25, -0.2) is 4.79 Å². The van der Waals surface area contributed by atoms with Crippen LogP contribution in [0.1, 0.15) is 62.2 Å². The first kappa shape index (κ1) is 20.5. The van der Waals surface area contributed by atoms with Gasteiger partial charge in [-0.05, 0) is 47.0 Å². The highest BCUT2D eigenvalue weighted by atomic mass is 16.6. The van der Waals surface area contributed by atoms with E-state index in [0.29, 0.717) is 6.42 Å². The van der Waals surface area contributed by atoms with Gasteiger partial charge in [-0.15, -0.1) is 0 Å². The maximum Gasteiger partial charge on any atom is 0.410 e. The number of nitrogens with one attached hydrogen (secondary N) is 1. The second-order valence-corrected chi connectivity index (χ2v) is 8.06. The smallest absolute Gasteiger partial charge is 0.410 e. The summed E-state index contributed by atoms with van der Waals surface area (Å²) in [6.45, 7) is 10.3. The number of carbonyl (C=O) groups excluding carboxylic acids is 3. The third kappa shape index (κ3) is 6.50. The van der Waals surface area contributed by atoms with Crippen molar-refractivity contribution >= 4 is 17.9 Å². The molecular weight excluding hydrogens is 334 g/mol. The number of ether oxygens (including phenoxy) is 1. The van der Waals surface area contributed by atoms with Gasteiger partial charge in [0.15, 0.2) is 0 Å². The lowest BCUT2D eigenvalue weighted by Gasteiger charge is -2.29. The lowest BCUT2D eigenvalue weighted by molar-refractivity contribution is -0.137. The van der Waals surface area contributed by atoms with Gasteiger partial charge in [-0.1, -0.05) is 13.8 Å². The van der Waals surface area contributed by atoms with Gasteiger partial charge in [-0.2, -0.15) is 0 Å². The molecule has 1 aliphatic rings. The van der Waals surface area contributed by atoms with Crippen molar-refractivity contribution in [2.45, 2.75) is 78.5 Å². The van der Waals surface area contributed by atoms with Crippen LogP contribution in [-0.4, -0.2) is 65.5 Å². The van der Waals surface area contributed by atoms with E-state index in [1.54, 1.807) is 46.6 Å². The molecule has 0 aromatic rings. The Morgan fingerprint density at radius 2 is 1.96 bits per heavy atom. The molecule has 0 aliphatic carbocycles. The van der Waals surface area contributed by atoms with E-state index in [2.05, 4.69) is 5.32 Å². The summed E-state index contributed by atoms with van der Waals surface area (Å²) in [7, 11) is 1.58. The number of rotatable bonds is 6. The van der Waals surface area contributed by atoms with Gasteiger partial charge in [0.25, 0.3) is 0 Å². The first-order valence-corrected chi connectivity index (χ1v) is 9.36. The van der Waals surface area contributed by atoms with Crippen LogP contribution in [0.5, 0.6) is 0 Å². The summed E-state index contributed by atoms with van der Waals surface area (Å²) in [4.78, 5) is 40.1. The van der Waals surface area contributed by atoms with Crippen LogP contribution >= 0.6 is 0 Å². The molecule has 1 fully saturated rings. The molecule has 0 radical (unpaired) electrons. The second-order valence-electron chi connectivity index (χ2n) is 8.06. The third-order valence-corrected chi connectivity index (χ3v) is 4.37. The number of carbonyl (C=O) groups is 3. The molecule has 1 N–H and O–H groups in total. The lowest BCUT2D eigenvalue weighted by atomic mass is 10.1. The van der Waals surface area contributed by atoms with E-state index in [0.717, 1.165) is 12.8 Å². The Morgan fingerprint density at radius 1 is 1.35 bits per heavy atom. The Kier molecular flexibility index (Phi) is 7.29. The van der Waals surface area contributed by atoms with Crippen LogP contribution in [0, 0.1) is 5.92 Å². The van der Waals surface area contributed by atoms with Crippen LogP contribution in [0.3, 0.4) is 0 Å². The normalized spacial score (nSPS) is 23.0. The zero-order valence-corrected chi connectivity index (χ0v) is 17.2. The van der Waals surface area contributed by atoms with Crippen LogP contribution < -0.4 is 5.32 Å². The maximum atomic E-state index is 12.7. The molecular formula is C19H35N3O4. The average Bonchev–Trinajstić information content (AvgIpc) is 2.92. The number of likely N-dealkylation sites (tertiary alicyclic amines) is 1. The molecule has 150 valence electrons. The minimum Gasteiger partial charge on any atom is -0.444 e. The van der Waals surface area contributed by atoms with Gasteiger partial charge in [0.05, 0.1) is 5.92 Å². The highest BCUT2D eigenvalue weighted by molar-refractivity contribution is 5.88. The van der Waals surface area contributed by atoms with E-state index >= 15 is 0 Å². The maximum absolute atomic E-state index is 12.7. The molecule has 7 heteroatoms. The molecule has 0 spiro atoms. The minimum absolute atomic E-state index is 0.0649. The van der Waals surface area contributed by atoms with Gasteiger partial charge >= 0.3 is 6.09 Å². The predicted molar refractivity (Wildman–Crippen MR) is 101 cm³/mol. The predicted octanol–water partition coefficient (Wildman–Crippen LogP) is 2.40. The van der Waals surface area contributed by atoms with E-state index in [9.17, 15) is 14.4 Å². The quantitative estimate of drug-likeness (QED) is 0.777. The zero-order valence-electron chi connectivity index (χ0n) is 18.2. The molecule has 1 aliphatic heterocycles. The SMILES string of the molecule is [3H]C1CC[C@H](CC)N1C(=O)[C@H](C)NC(=O)[C@H](C)CN(C)C(=O)OC(C)(C)C. The van der Waals surface area contributed by atoms with Crippen molar-refractivity contribution in [1.82, 2.24) is 15.1 Å². The Balaban J connectivity index is 2.58. The van der Waals surface area contributed by atoms with E-state index < -0.39 is 30.2 Å². The van der Waals surface area contributed by atoms with Gasteiger partial charge in [0, 0.05) is 27.5 Å². The molecule has 3 amide bonds. The molecule has 26 heavy (non-hydrogen) atoms. The van der Waals surface area contributed by atoms with Crippen molar-refractivity contribution in [3.63, 3.8) is 0 Å². The molecule has 1 unspecified atom stereocenters. The molecule has 0 aromatic carbocycles. The molecule has 1 saturated heterocycles. The Hall–Kier alpha value is -1.79. The number of hydrogen-bond donors (Lipinski definition) is 1. The van der Waals surface area contributed by atoms with Crippen LogP contribution in [0.25, 0.3) is 0 Å². The molecule has 0 saturated carbocycles. The van der Waals surface area contributed by atoms with E-state index in [-0.39, 0.29) is 24.4 Å². The molecule has 0 aromatic heterocycles. The molecule has 1 rings (SSSR count). The van der Waals surface area contributed by atoms with Crippen LogP contribution in [0.4, 0.5) is 4.79 Å². The van der Waals surface area contributed by atoms with Crippen LogP contribution in [0.15, 0.2) is 0 Å². The second kappa shape index (κ2) is 9.24. The first-order valence-electron chi connectivity index (χ1n) is 9.94. The van der Waals surface area contributed by atoms with E-state index in [1.807, 2.05) is 6.92 Å². The van der Waals surface area contributed by atoms with E-state index in [4.69, 9.17) is 6.11 Å². The van der Waals surface area contributed by atoms with Gasteiger partial charge < -0.3 is 19.9 Å². The minimum atomic E-state index is -0.702. The molecule has 7 nitrogen and oxygen atoms in total. The van der Waals surface area contributed by atoms with Crippen LogP contribution in [0.2, 0.25) is 0 Å². The van der Waals surface area contributed by atoms with Gasteiger partial charge in [0.2, 0.25) is 11.8 Å². The summed E-state index contributed by atoms with van der Waals surface area (Å²) < 4.78 is 13.3. The number of nitrogens with zero attached hydrogens (tertiary/aromatic N) is 2. The lowest BCUT2D eigenvalue weighted by Crippen LogP contribution is -2.50. The number of hydrogen-bond acceptors (Lipinski definition) is 4. The molecule has 4 atom stereocenters. The van der Waals surface area contributed by atoms with Crippen LogP contribution in [-0.2, 0) is 14.3 Å². The fourth-order valence-electron chi connectivity index (χ4n) is 2.91. The summed E-state index contributed by atoms with van der Waals surface area (Å²) in [5, 5.41) is 2.72. The first-order chi connectivity index (χ1) is 12.4. The summed E-state index contributed by atoms with van der Waals surface area (Å²) in [6, 6.07) is -0.637. The van der Waals surface area contributed by atoms with Crippen molar-refractivity contribution in [2.24, 2.45) is 5.92 Å². The standard InChI is InChI=1S/C19H35N3O4/c1-8-15-10-9-11-22(15)17(24)14(3)20-16(23)13(2)12-21(7)18(25)26-19(4,5)6/h13-15H,8-12H2,1-7H3,(H,20,23)/t13-,14+,15+/m1/s1/i11T/t11?,13-,14+,15+. The van der Waals surface area contributed by atoms with Gasteiger partial charge in [0.1, 0.15) is 11.6 Å². The van der Waals surface area contributed by atoms with Crippen molar-refractivity contribution in [3.8, 4) is 0 Å². The molecule has 0 bridgehead atoms. The Bertz CT molecular complexity index is 550. The monoisotopic (exact) mass is 371 g/mol. The highest BCUT2D eigenvalue weighted by Gasteiger charge is 2.31. The van der Waals surface area contributed by atoms with Crippen molar-refractivity contribution in [3.05, 3.63) is 0 Å². The van der Waals surface area contributed by atoms with Crippen molar-refractivity contribution in [1.29, 1.82) is 0 Å². The van der Waals surface area contributed by atoms with Crippen molar-refractivity contribution < 1.29 is 20.5 Å². The number of amides is 3. The Morgan fingerprint density at radius 3 is 2.50 bits per heavy atom. The average molecular weight is 372 g/mol. The summed E-state index contributed by atoms with van der Waals surface area (Å²) in [6.07, 6.45) is 1.81. The topological polar surface area (TPSA) is 79.0 Å².